The minimum absolute atomic E-state index is 0.257. The van der Waals surface area contributed by atoms with Gasteiger partial charge in [0.15, 0.2) is 11.5 Å². The van der Waals surface area contributed by atoms with Crippen LogP contribution in [-0.2, 0) is 12.5 Å². The predicted octanol–water partition coefficient (Wildman–Crippen LogP) is 4.91. The number of rotatable bonds is 5. The Morgan fingerprint density at radius 1 is 1.20 bits per heavy atom. The Kier molecular flexibility index (Phi) is 5.26. The van der Waals surface area contributed by atoms with Crippen molar-refractivity contribution in [2.24, 2.45) is 0 Å². The molecule has 0 aliphatic carbocycles. The van der Waals surface area contributed by atoms with Crippen LogP contribution < -0.4 is 9.47 Å². The third-order valence-electron chi connectivity index (χ3n) is 2.72. The van der Waals surface area contributed by atoms with E-state index in [2.05, 4.69) is 15.9 Å². The van der Waals surface area contributed by atoms with Crippen LogP contribution in [0.5, 0.6) is 11.5 Å². The molecule has 0 unspecified atom stereocenters. The lowest BCUT2D eigenvalue weighted by molar-refractivity contribution is 0.282. The van der Waals surface area contributed by atoms with Crippen LogP contribution in [0.3, 0.4) is 0 Å². The Bertz CT molecular complexity index is 604. The van der Waals surface area contributed by atoms with Crippen molar-refractivity contribution in [1.29, 1.82) is 0 Å². The highest BCUT2D eigenvalue weighted by atomic mass is 79.9. The van der Waals surface area contributed by atoms with E-state index in [1.54, 1.807) is 19.2 Å². The summed E-state index contributed by atoms with van der Waals surface area (Å²) < 4.78 is 24.9. The second-order valence-corrected chi connectivity index (χ2v) is 5.28. The maximum absolute atomic E-state index is 13.1. The van der Waals surface area contributed by atoms with Gasteiger partial charge < -0.3 is 9.47 Å². The number of hydrogen-bond acceptors (Lipinski definition) is 2. The number of hydrogen-bond donors (Lipinski definition) is 0. The largest absolute Gasteiger partial charge is 0.493 e. The zero-order chi connectivity index (χ0) is 14.5. The molecule has 0 radical (unpaired) electrons. The Hall–Kier alpha value is -1.26. The van der Waals surface area contributed by atoms with E-state index in [4.69, 9.17) is 21.1 Å². The molecular formula is C15H13BrClFO2. The lowest BCUT2D eigenvalue weighted by Crippen LogP contribution is -1.99. The van der Waals surface area contributed by atoms with E-state index in [0.29, 0.717) is 17.4 Å². The molecule has 0 N–H and O–H groups in total. The second-order valence-electron chi connectivity index (χ2n) is 4.16. The summed E-state index contributed by atoms with van der Waals surface area (Å²) in [6.45, 7) is 0.257. The van der Waals surface area contributed by atoms with Crippen LogP contribution in [0.15, 0.2) is 40.9 Å². The zero-order valence-corrected chi connectivity index (χ0v) is 13.2. The average Bonchev–Trinajstić information content (AvgIpc) is 2.45. The van der Waals surface area contributed by atoms with E-state index >= 15 is 0 Å². The number of halogens is 3. The van der Waals surface area contributed by atoms with Gasteiger partial charge in [-0.1, -0.05) is 12.1 Å². The molecule has 0 spiro atoms. The number of ether oxygens (including phenoxy) is 2. The van der Waals surface area contributed by atoms with Crippen LogP contribution in [0.1, 0.15) is 11.1 Å². The highest BCUT2D eigenvalue weighted by molar-refractivity contribution is 9.10. The summed E-state index contributed by atoms with van der Waals surface area (Å²) in [6, 6.07) is 9.98. The van der Waals surface area contributed by atoms with Gasteiger partial charge in [0.25, 0.3) is 0 Å². The minimum atomic E-state index is -0.283. The Morgan fingerprint density at radius 2 is 2.00 bits per heavy atom. The molecular weight excluding hydrogens is 347 g/mol. The molecule has 2 rings (SSSR count). The van der Waals surface area contributed by atoms with Gasteiger partial charge in [0.1, 0.15) is 12.4 Å². The number of benzene rings is 2. The SMILES string of the molecule is COc1cc(CCl)cc(Br)c1OCc1cccc(F)c1. The second kappa shape index (κ2) is 6.95. The van der Waals surface area contributed by atoms with Crippen molar-refractivity contribution in [3.8, 4) is 11.5 Å². The highest BCUT2D eigenvalue weighted by Gasteiger charge is 2.11. The van der Waals surface area contributed by atoms with Gasteiger partial charge in [0.2, 0.25) is 0 Å². The Balaban J connectivity index is 2.20. The number of alkyl halides is 1. The fourth-order valence-electron chi connectivity index (χ4n) is 1.77. The summed E-state index contributed by atoms with van der Waals surface area (Å²) in [4.78, 5) is 0. The number of methoxy groups -OCH3 is 1. The van der Waals surface area contributed by atoms with Crippen LogP contribution in [0, 0.1) is 5.82 Å². The van der Waals surface area contributed by atoms with E-state index in [-0.39, 0.29) is 12.4 Å². The summed E-state index contributed by atoms with van der Waals surface area (Å²) in [6.07, 6.45) is 0. The first-order valence-electron chi connectivity index (χ1n) is 5.93. The molecule has 0 aliphatic rings. The molecule has 0 aliphatic heterocycles. The van der Waals surface area contributed by atoms with Crippen LogP contribution >= 0.6 is 27.5 Å². The van der Waals surface area contributed by atoms with Gasteiger partial charge in [-0.15, -0.1) is 11.6 Å². The fourth-order valence-corrected chi connectivity index (χ4v) is 2.53. The van der Waals surface area contributed by atoms with Crippen LogP contribution in [0.4, 0.5) is 4.39 Å². The smallest absolute Gasteiger partial charge is 0.175 e. The molecule has 0 atom stereocenters. The van der Waals surface area contributed by atoms with Gasteiger partial charge in [-0.2, -0.15) is 0 Å². The predicted molar refractivity (Wildman–Crippen MR) is 81.0 cm³/mol. The molecule has 106 valence electrons. The van der Waals surface area contributed by atoms with E-state index in [0.717, 1.165) is 15.6 Å². The quantitative estimate of drug-likeness (QED) is 0.706. The zero-order valence-electron chi connectivity index (χ0n) is 10.8. The molecule has 2 nitrogen and oxygen atoms in total. The molecule has 0 saturated heterocycles. The maximum atomic E-state index is 13.1. The van der Waals surface area contributed by atoms with Crippen molar-refractivity contribution in [3.63, 3.8) is 0 Å². The van der Waals surface area contributed by atoms with Gasteiger partial charge in [0.05, 0.1) is 11.6 Å². The molecule has 0 heterocycles. The lowest BCUT2D eigenvalue weighted by atomic mass is 10.2. The summed E-state index contributed by atoms with van der Waals surface area (Å²) in [7, 11) is 1.56. The third-order valence-corrected chi connectivity index (χ3v) is 3.61. The Morgan fingerprint density at radius 3 is 2.65 bits per heavy atom. The van der Waals surface area contributed by atoms with Crippen molar-refractivity contribution in [3.05, 3.63) is 57.8 Å². The van der Waals surface area contributed by atoms with E-state index in [1.165, 1.54) is 12.1 Å². The Labute approximate surface area is 130 Å². The summed E-state index contributed by atoms with van der Waals surface area (Å²) >= 11 is 9.24. The molecule has 0 amide bonds. The molecule has 20 heavy (non-hydrogen) atoms. The van der Waals surface area contributed by atoms with E-state index in [9.17, 15) is 4.39 Å². The lowest BCUT2D eigenvalue weighted by Gasteiger charge is -2.14. The third kappa shape index (κ3) is 3.64. The fraction of sp³-hybridized carbons (Fsp3) is 0.200. The van der Waals surface area contributed by atoms with Gasteiger partial charge in [-0.3, -0.25) is 0 Å². The van der Waals surface area contributed by atoms with Crippen molar-refractivity contribution >= 4 is 27.5 Å². The first-order valence-corrected chi connectivity index (χ1v) is 7.26. The molecule has 0 aromatic heterocycles. The van der Waals surface area contributed by atoms with E-state index in [1.807, 2.05) is 12.1 Å². The van der Waals surface area contributed by atoms with Gasteiger partial charge in [0, 0.05) is 5.88 Å². The van der Waals surface area contributed by atoms with Crippen molar-refractivity contribution < 1.29 is 13.9 Å². The van der Waals surface area contributed by atoms with Crippen LogP contribution in [-0.4, -0.2) is 7.11 Å². The molecule has 2 aromatic rings. The molecule has 0 fully saturated rings. The summed E-state index contributed by atoms with van der Waals surface area (Å²) in [5, 5.41) is 0. The van der Waals surface area contributed by atoms with Gasteiger partial charge in [-0.25, -0.2) is 4.39 Å². The van der Waals surface area contributed by atoms with Crippen LogP contribution in [0.2, 0.25) is 0 Å². The van der Waals surface area contributed by atoms with Gasteiger partial charge >= 0.3 is 0 Å². The van der Waals surface area contributed by atoms with Gasteiger partial charge in [-0.05, 0) is 51.3 Å². The van der Waals surface area contributed by atoms with Crippen LogP contribution in [0.25, 0.3) is 0 Å². The first kappa shape index (κ1) is 15.1. The summed E-state index contributed by atoms with van der Waals surface area (Å²) in [5.41, 5.74) is 1.67. The molecule has 2 aromatic carbocycles. The van der Waals surface area contributed by atoms with Crippen molar-refractivity contribution in [2.45, 2.75) is 12.5 Å². The topological polar surface area (TPSA) is 18.5 Å². The normalized spacial score (nSPS) is 10.4. The molecule has 0 saturated carbocycles. The van der Waals surface area contributed by atoms with Crippen molar-refractivity contribution in [1.82, 2.24) is 0 Å². The standard InChI is InChI=1S/C15H13BrClFO2/c1-19-14-7-11(8-17)6-13(16)15(14)20-9-10-3-2-4-12(18)5-10/h2-7H,8-9H2,1H3. The average molecular weight is 360 g/mol. The summed E-state index contributed by atoms with van der Waals surface area (Å²) in [5.74, 6) is 1.27. The minimum Gasteiger partial charge on any atom is -0.493 e. The maximum Gasteiger partial charge on any atom is 0.175 e. The van der Waals surface area contributed by atoms with E-state index < -0.39 is 0 Å². The highest BCUT2D eigenvalue weighted by Crippen LogP contribution is 2.37. The molecule has 5 heteroatoms. The monoisotopic (exact) mass is 358 g/mol. The molecule has 0 bridgehead atoms. The first-order chi connectivity index (χ1) is 9.63. The van der Waals surface area contributed by atoms with Crippen molar-refractivity contribution in [2.75, 3.05) is 7.11 Å².